The molecular formula is C26H35BN8. The topological polar surface area (TPSA) is 74.1 Å². The van der Waals surface area contributed by atoms with Crippen LogP contribution in [0.25, 0.3) is 16.7 Å². The molecule has 2 fully saturated rings. The van der Waals surface area contributed by atoms with E-state index in [1.165, 1.54) is 36.9 Å². The van der Waals surface area contributed by atoms with E-state index in [9.17, 15) is 0 Å². The van der Waals surface area contributed by atoms with Crippen LogP contribution in [0.4, 0.5) is 17.5 Å². The molecule has 0 aromatic carbocycles. The van der Waals surface area contributed by atoms with Crippen LogP contribution in [0.2, 0.25) is 0 Å². The van der Waals surface area contributed by atoms with Gasteiger partial charge in [0.1, 0.15) is 11.5 Å². The zero-order chi connectivity index (χ0) is 24.7. The van der Waals surface area contributed by atoms with Crippen LogP contribution < -0.4 is 15.5 Å². The smallest absolute Gasteiger partial charge is 0.230 e. The summed E-state index contributed by atoms with van der Waals surface area (Å²) in [5.74, 6) is 1.37. The van der Waals surface area contributed by atoms with Gasteiger partial charge in [-0.1, -0.05) is 19.4 Å². The SMILES string of the molecule is [B]N1CCN(c2c(C)nc(Nc3ncc4cc(C(=C)NC)n(C5CCCC5)c4n3)c(C)c2C)CC1. The Bertz CT molecular complexity index is 1250. The predicted molar refractivity (Wildman–Crippen MR) is 144 cm³/mol. The summed E-state index contributed by atoms with van der Waals surface area (Å²) in [7, 11) is 7.88. The van der Waals surface area contributed by atoms with Crippen LogP contribution in [0.15, 0.2) is 18.8 Å². The monoisotopic (exact) mass is 470 g/mol. The Kier molecular flexibility index (Phi) is 6.44. The Balaban J connectivity index is 1.50. The molecule has 0 amide bonds. The van der Waals surface area contributed by atoms with E-state index in [1.54, 1.807) is 0 Å². The molecule has 3 aromatic heterocycles. The minimum atomic E-state index is 0.438. The van der Waals surface area contributed by atoms with E-state index in [1.807, 2.05) is 18.1 Å². The first-order chi connectivity index (χ1) is 16.9. The second kappa shape index (κ2) is 9.53. The van der Waals surface area contributed by atoms with E-state index in [2.05, 4.69) is 58.5 Å². The number of hydrogen-bond donors (Lipinski definition) is 2. The molecule has 2 aliphatic rings. The molecule has 2 radical (unpaired) electrons. The molecule has 2 N–H and O–H groups in total. The summed E-state index contributed by atoms with van der Waals surface area (Å²) in [5, 5.41) is 7.66. The lowest BCUT2D eigenvalue weighted by Crippen LogP contribution is -2.45. The molecular weight excluding hydrogens is 435 g/mol. The fraction of sp³-hybridized carbons (Fsp3) is 0.500. The predicted octanol–water partition coefficient (Wildman–Crippen LogP) is 4.01. The second-order valence-corrected chi connectivity index (χ2v) is 9.83. The summed E-state index contributed by atoms with van der Waals surface area (Å²) in [5.41, 5.74) is 7.49. The lowest BCUT2D eigenvalue weighted by molar-refractivity contribution is 0.414. The molecule has 0 atom stereocenters. The Morgan fingerprint density at radius 3 is 2.46 bits per heavy atom. The molecule has 1 saturated heterocycles. The first-order valence-electron chi connectivity index (χ1n) is 12.6. The minimum absolute atomic E-state index is 0.438. The number of aromatic nitrogens is 4. The number of nitrogens with one attached hydrogen (secondary N) is 2. The molecule has 3 aromatic rings. The molecule has 8 nitrogen and oxygen atoms in total. The molecule has 0 unspecified atom stereocenters. The van der Waals surface area contributed by atoms with Crippen molar-refractivity contribution in [1.29, 1.82) is 0 Å². The quantitative estimate of drug-likeness (QED) is 0.528. The van der Waals surface area contributed by atoms with E-state index in [0.29, 0.717) is 12.0 Å². The first-order valence-corrected chi connectivity index (χ1v) is 12.6. The van der Waals surface area contributed by atoms with Crippen molar-refractivity contribution >= 4 is 42.2 Å². The van der Waals surface area contributed by atoms with Gasteiger partial charge >= 0.3 is 0 Å². The van der Waals surface area contributed by atoms with Crippen LogP contribution in [0.1, 0.15) is 54.2 Å². The second-order valence-electron chi connectivity index (χ2n) is 9.83. The van der Waals surface area contributed by atoms with Crippen molar-refractivity contribution < 1.29 is 0 Å². The average Bonchev–Trinajstić information content (AvgIpc) is 3.50. The summed E-state index contributed by atoms with van der Waals surface area (Å²) in [6, 6.07) is 2.58. The zero-order valence-electron chi connectivity index (χ0n) is 21.4. The van der Waals surface area contributed by atoms with Gasteiger partial charge in [0.25, 0.3) is 0 Å². The minimum Gasteiger partial charge on any atom is -0.387 e. The van der Waals surface area contributed by atoms with Gasteiger partial charge in [0.15, 0.2) is 7.98 Å². The highest BCUT2D eigenvalue weighted by atomic mass is 15.2. The lowest BCUT2D eigenvalue weighted by Gasteiger charge is -2.36. The molecule has 1 aliphatic carbocycles. The van der Waals surface area contributed by atoms with Crippen molar-refractivity contribution in [3.05, 3.63) is 41.4 Å². The summed E-state index contributed by atoms with van der Waals surface area (Å²) < 4.78 is 2.35. The number of aryl methyl sites for hydroxylation is 1. The number of fused-ring (bicyclic) bond motifs is 1. The lowest BCUT2D eigenvalue weighted by atomic mass is 10.1. The Labute approximate surface area is 209 Å². The normalized spacial score (nSPS) is 17.3. The molecule has 4 heterocycles. The first kappa shape index (κ1) is 23.7. The van der Waals surface area contributed by atoms with Crippen LogP contribution in [0.3, 0.4) is 0 Å². The maximum absolute atomic E-state index is 5.96. The number of nitrogens with zero attached hydrogens (tertiary/aromatic N) is 6. The molecule has 1 saturated carbocycles. The zero-order valence-corrected chi connectivity index (χ0v) is 21.4. The highest BCUT2D eigenvalue weighted by molar-refractivity contribution is 6.04. The van der Waals surface area contributed by atoms with Gasteiger partial charge in [0.05, 0.1) is 22.8 Å². The summed E-state index contributed by atoms with van der Waals surface area (Å²) in [4.78, 5) is 18.8. The van der Waals surface area contributed by atoms with Crippen molar-refractivity contribution in [3.8, 4) is 0 Å². The van der Waals surface area contributed by atoms with Gasteiger partial charge in [0, 0.05) is 50.9 Å². The largest absolute Gasteiger partial charge is 0.387 e. The van der Waals surface area contributed by atoms with E-state index in [-0.39, 0.29) is 0 Å². The van der Waals surface area contributed by atoms with Crippen molar-refractivity contribution in [1.82, 2.24) is 29.6 Å². The van der Waals surface area contributed by atoms with Gasteiger partial charge in [-0.05, 0) is 50.8 Å². The van der Waals surface area contributed by atoms with Crippen molar-refractivity contribution in [2.75, 3.05) is 43.4 Å². The third-order valence-electron chi connectivity index (χ3n) is 7.63. The van der Waals surface area contributed by atoms with Gasteiger partial charge in [0.2, 0.25) is 5.95 Å². The Morgan fingerprint density at radius 1 is 1.06 bits per heavy atom. The number of pyridine rings is 1. The van der Waals surface area contributed by atoms with Gasteiger partial charge in [-0.15, -0.1) is 0 Å². The van der Waals surface area contributed by atoms with Crippen LogP contribution in [0.5, 0.6) is 0 Å². The van der Waals surface area contributed by atoms with E-state index in [0.717, 1.165) is 65.7 Å². The number of hydrogen-bond acceptors (Lipinski definition) is 7. The molecule has 1 aliphatic heterocycles. The summed E-state index contributed by atoms with van der Waals surface area (Å²) >= 11 is 0. The Morgan fingerprint density at radius 2 is 1.77 bits per heavy atom. The standard InChI is InChI=1S/C26H35BN8/c1-16-17(2)24(30-19(4)23(16)33-10-12-34(27)13-11-33)31-26-29-15-20-14-22(18(3)28-5)35(25(20)32-26)21-8-6-7-9-21/h14-15,21,28H,3,6-13H2,1-2,4-5H3,(H,29,30,31,32). The van der Waals surface area contributed by atoms with Crippen molar-refractivity contribution in [3.63, 3.8) is 0 Å². The van der Waals surface area contributed by atoms with E-state index >= 15 is 0 Å². The molecule has 35 heavy (non-hydrogen) atoms. The third kappa shape index (κ3) is 4.38. The highest BCUT2D eigenvalue weighted by Gasteiger charge is 2.25. The maximum Gasteiger partial charge on any atom is 0.230 e. The highest BCUT2D eigenvalue weighted by Crippen LogP contribution is 2.36. The average molecular weight is 470 g/mol. The van der Waals surface area contributed by atoms with Gasteiger partial charge in [-0.2, -0.15) is 4.98 Å². The molecule has 182 valence electrons. The maximum atomic E-state index is 5.96. The van der Waals surface area contributed by atoms with Crippen LogP contribution in [-0.4, -0.2) is 65.5 Å². The van der Waals surface area contributed by atoms with Crippen molar-refractivity contribution in [2.45, 2.75) is 52.5 Å². The van der Waals surface area contributed by atoms with Crippen LogP contribution in [0, 0.1) is 20.8 Å². The van der Waals surface area contributed by atoms with Gasteiger partial charge < -0.3 is 24.9 Å². The molecule has 5 rings (SSSR count). The Hall–Kier alpha value is -3.07. The number of piperazine rings is 1. The number of anilines is 3. The van der Waals surface area contributed by atoms with E-state index < -0.39 is 0 Å². The summed E-state index contributed by atoms with van der Waals surface area (Å²) in [6.45, 7) is 14.1. The fourth-order valence-corrected chi connectivity index (χ4v) is 5.53. The molecule has 0 bridgehead atoms. The molecule has 0 spiro atoms. The molecule has 9 heteroatoms. The van der Waals surface area contributed by atoms with E-state index in [4.69, 9.17) is 17.9 Å². The number of rotatable bonds is 6. The van der Waals surface area contributed by atoms with Crippen LogP contribution >= 0.6 is 0 Å². The third-order valence-corrected chi connectivity index (χ3v) is 7.63. The van der Waals surface area contributed by atoms with Crippen LogP contribution in [-0.2, 0) is 0 Å². The fourth-order valence-electron chi connectivity index (χ4n) is 5.53. The summed E-state index contributed by atoms with van der Waals surface area (Å²) in [6.07, 6.45) is 6.73. The van der Waals surface area contributed by atoms with Gasteiger partial charge in [-0.3, -0.25) is 0 Å². The van der Waals surface area contributed by atoms with Crippen molar-refractivity contribution in [2.24, 2.45) is 0 Å². The van der Waals surface area contributed by atoms with Gasteiger partial charge in [-0.25, -0.2) is 9.97 Å².